The van der Waals surface area contributed by atoms with Crippen LogP contribution in [-0.4, -0.2) is 41.1 Å². The molecule has 0 unspecified atom stereocenters. The topological polar surface area (TPSA) is 93.4 Å². The van der Waals surface area contributed by atoms with Crippen LogP contribution in [0.25, 0.3) is 0 Å². The van der Waals surface area contributed by atoms with E-state index < -0.39 is 23.0 Å². The Balaban J connectivity index is 1.74. The SMILES string of the molecule is COCCNc1cnn(C23C[C@H]4CC(C[C@@H](C4)C2)[C@@H]3C(=O)O)c(=O)c1Cl. The lowest BCUT2D eigenvalue weighted by Gasteiger charge is -2.59. The fourth-order valence-electron chi connectivity index (χ4n) is 5.89. The molecule has 4 bridgehead atoms. The molecule has 1 heterocycles. The number of ether oxygens (including phenoxy) is 1. The van der Waals surface area contributed by atoms with Crippen LogP contribution < -0.4 is 10.9 Å². The van der Waals surface area contributed by atoms with Crippen molar-refractivity contribution >= 4 is 23.3 Å². The number of rotatable bonds is 6. The van der Waals surface area contributed by atoms with Gasteiger partial charge in [-0.1, -0.05) is 11.6 Å². The van der Waals surface area contributed by atoms with E-state index in [2.05, 4.69) is 10.4 Å². The normalized spacial score (nSPS) is 34.8. The highest BCUT2D eigenvalue weighted by atomic mass is 35.5. The van der Waals surface area contributed by atoms with Crippen molar-refractivity contribution in [1.82, 2.24) is 9.78 Å². The molecule has 0 spiro atoms. The fourth-order valence-corrected chi connectivity index (χ4v) is 6.09. The highest BCUT2D eigenvalue weighted by Crippen LogP contribution is 2.61. The molecule has 1 aromatic heterocycles. The minimum atomic E-state index is -0.819. The first-order valence-electron chi connectivity index (χ1n) is 9.20. The van der Waals surface area contributed by atoms with Crippen molar-refractivity contribution in [3.05, 3.63) is 21.6 Å². The van der Waals surface area contributed by atoms with Gasteiger partial charge in [-0.25, -0.2) is 4.68 Å². The van der Waals surface area contributed by atoms with Crippen LogP contribution in [0.4, 0.5) is 5.69 Å². The lowest BCUT2D eigenvalue weighted by Crippen LogP contribution is -2.63. The van der Waals surface area contributed by atoms with Crippen LogP contribution in [0.1, 0.15) is 32.1 Å². The maximum absolute atomic E-state index is 13.0. The van der Waals surface area contributed by atoms with E-state index in [0.717, 1.165) is 19.3 Å². The maximum atomic E-state index is 13.0. The van der Waals surface area contributed by atoms with Crippen LogP contribution >= 0.6 is 11.6 Å². The fraction of sp³-hybridized carbons (Fsp3) is 0.722. The van der Waals surface area contributed by atoms with E-state index in [0.29, 0.717) is 43.5 Å². The summed E-state index contributed by atoms with van der Waals surface area (Å²) in [5, 5.41) is 17.4. The Labute approximate surface area is 156 Å². The number of aromatic nitrogens is 2. The van der Waals surface area contributed by atoms with Gasteiger partial charge in [-0.3, -0.25) is 9.59 Å². The summed E-state index contributed by atoms with van der Waals surface area (Å²) in [6, 6.07) is 0. The number of carbonyl (C=O) groups is 1. The average molecular weight is 382 g/mol. The van der Waals surface area contributed by atoms with Crippen LogP contribution in [0.3, 0.4) is 0 Å². The van der Waals surface area contributed by atoms with Crippen molar-refractivity contribution in [2.75, 3.05) is 25.6 Å². The minimum absolute atomic E-state index is 0.0657. The van der Waals surface area contributed by atoms with Crippen LogP contribution in [0, 0.1) is 23.7 Å². The zero-order chi connectivity index (χ0) is 18.5. The highest BCUT2D eigenvalue weighted by Gasteiger charge is 2.61. The van der Waals surface area contributed by atoms with Crippen molar-refractivity contribution in [2.45, 2.75) is 37.6 Å². The molecule has 4 aliphatic carbocycles. The number of carboxylic acid groups (broad SMARTS) is 1. The second-order valence-corrected chi connectivity index (χ2v) is 8.41. The number of nitrogens with one attached hydrogen (secondary N) is 1. The molecule has 3 atom stereocenters. The molecule has 142 valence electrons. The van der Waals surface area contributed by atoms with Gasteiger partial charge in [0.2, 0.25) is 0 Å². The van der Waals surface area contributed by atoms with Crippen LogP contribution in [-0.2, 0) is 15.1 Å². The van der Waals surface area contributed by atoms with E-state index in [-0.39, 0.29) is 10.9 Å². The van der Waals surface area contributed by atoms with Gasteiger partial charge in [-0.15, -0.1) is 0 Å². The molecule has 4 fully saturated rings. The van der Waals surface area contributed by atoms with Gasteiger partial charge in [0.1, 0.15) is 5.02 Å². The number of halogens is 1. The monoisotopic (exact) mass is 381 g/mol. The summed E-state index contributed by atoms with van der Waals surface area (Å²) in [5.41, 5.74) is -0.685. The first-order valence-corrected chi connectivity index (χ1v) is 9.58. The number of methoxy groups -OCH3 is 1. The molecule has 0 aromatic carbocycles. The lowest BCUT2D eigenvalue weighted by molar-refractivity contribution is -0.168. The van der Waals surface area contributed by atoms with Crippen molar-refractivity contribution in [3.8, 4) is 0 Å². The molecule has 2 N–H and O–H groups in total. The number of hydrogen-bond donors (Lipinski definition) is 2. The largest absolute Gasteiger partial charge is 0.481 e. The summed E-state index contributed by atoms with van der Waals surface area (Å²) >= 11 is 6.32. The second-order valence-electron chi connectivity index (χ2n) is 8.04. The molecule has 0 radical (unpaired) electrons. The van der Waals surface area contributed by atoms with E-state index in [1.165, 1.54) is 10.9 Å². The number of nitrogens with zero attached hydrogens (tertiary/aromatic N) is 2. The van der Waals surface area contributed by atoms with E-state index >= 15 is 0 Å². The number of hydrogen-bond acceptors (Lipinski definition) is 5. The van der Waals surface area contributed by atoms with Gasteiger partial charge >= 0.3 is 5.97 Å². The molecule has 7 nitrogen and oxygen atoms in total. The molecule has 0 saturated heterocycles. The van der Waals surface area contributed by atoms with Gasteiger partial charge in [0.25, 0.3) is 5.56 Å². The Morgan fingerprint density at radius 1 is 1.42 bits per heavy atom. The van der Waals surface area contributed by atoms with Gasteiger partial charge in [0.05, 0.1) is 29.9 Å². The Morgan fingerprint density at radius 3 is 2.73 bits per heavy atom. The molecule has 0 aliphatic heterocycles. The Hall–Kier alpha value is -1.60. The Morgan fingerprint density at radius 2 is 2.12 bits per heavy atom. The summed E-state index contributed by atoms with van der Waals surface area (Å²) in [5.74, 6) is -0.291. The van der Waals surface area contributed by atoms with Crippen molar-refractivity contribution in [3.63, 3.8) is 0 Å². The van der Waals surface area contributed by atoms with Gasteiger partial charge in [0.15, 0.2) is 0 Å². The van der Waals surface area contributed by atoms with Crippen LogP contribution in [0.2, 0.25) is 5.02 Å². The zero-order valence-electron chi connectivity index (χ0n) is 14.8. The zero-order valence-corrected chi connectivity index (χ0v) is 15.5. The highest BCUT2D eigenvalue weighted by molar-refractivity contribution is 6.32. The smallest absolute Gasteiger partial charge is 0.309 e. The molecule has 0 amide bonds. The standard InChI is InChI=1S/C18H24ClN3O4/c1-26-3-2-20-13-9-21-22(16(23)15(13)19)18-7-10-4-11(8-18)6-12(5-10)14(18)17(24)25/h9-12,14,20H,2-8H2,1H3,(H,24,25)/t10-,11-,12?,14-,18?/m1/s1. The number of aliphatic carboxylic acids is 1. The van der Waals surface area contributed by atoms with Gasteiger partial charge < -0.3 is 15.2 Å². The molecular weight excluding hydrogens is 358 g/mol. The minimum Gasteiger partial charge on any atom is -0.481 e. The van der Waals surface area contributed by atoms with Crippen LogP contribution in [0.5, 0.6) is 0 Å². The van der Waals surface area contributed by atoms with Crippen LogP contribution in [0.15, 0.2) is 11.0 Å². The molecule has 4 aliphatic rings. The molecular formula is C18H24ClN3O4. The van der Waals surface area contributed by atoms with Crippen molar-refractivity contribution < 1.29 is 14.6 Å². The number of anilines is 1. The molecule has 5 rings (SSSR count). The first kappa shape index (κ1) is 17.8. The third-order valence-corrected chi connectivity index (χ3v) is 6.87. The lowest BCUT2D eigenvalue weighted by atomic mass is 9.48. The Bertz CT molecular complexity index is 766. The predicted molar refractivity (Wildman–Crippen MR) is 96.5 cm³/mol. The third-order valence-electron chi connectivity index (χ3n) is 6.50. The third kappa shape index (κ3) is 2.63. The summed E-state index contributed by atoms with van der Waals surface area (Å²) in [6.45, 7) is 0.992. The maximum Gasteiger partial charge on any atom is 0.309 e. The first-order chi connectivity index (χ1) is 12.5. The van der Waals surface area contributed by atoms with E-state index in [1.54, 1.807) is 7.11 Å². The van der Waals surface area contributed by atoms with Crippen molar-refractivity contribution in [1.29, 1.82) is 0 Å². The Kier molecular flexibility index (Phi) is 4.47. The summed E-state index contributed by atoms with van der Waals surface area (Å²) in [6.07, 6.45) is 6.00. The number of carboxylic acids is 1. The quantitative estimate of drug-likeness (QED) is 0.734. The molecule has 26 heavy (non-hydrogen) atoms. The van der Waals surface area contributed by atoms with E-state index in [4.69, 9.17) is 16.3 Å². The summed E-state index contributed by atoms with van der Waals surface area (Å²) in [7, 11) is 1.60. The van der Waals surface area contributed by atoms with Gasteiger partial charge in [-0.2, -0.15) is 5.10 Å². The second kappa shape index (κ2) is 6.53. The molecule has 1 aromatic rings. The molecule has 4 saturated carbocycles. The van der Waals surface area contributed by atoms with E-state index in [9.17, 15) is 14.7 Å². The van der Waals surface area contributed by atoms with Gasteiger partial charge in [-0.05, 0) is 49.9 Å². The average Bonchev–Trinajstić information content (AvgIpc) is 2.57. The van der Waals surface area contributed by atoms with Gasteiger partial charge in [0, 0.05) is 13.7 Å². The molecule has 8 heteroatoms. The van der Waals surface area contributed by atoms with Crippen molar-refractivity contribution in [2.24, 2.45) is 23.7 Å². The summed E-state index contributed by atoms with van der Waals surface area (Å²) in [4.78, 5) is 25.1. The van der Waals surface area contributed by atoms with E-state index in [1.807, 2.05) is 0 Å². The summed E-state index contributed by atoms with van der Waals surface area (Å²) < 4.78 is 6.39. The predicted octanol–water partition coefficient (Wildman–Crippen LogP) is 2.19.